The van der Waals surface area contributed by atoms with Crippen LogP contribution in [0.1, 0.15) is 27.7 Å². The number of hydroxylamine groups is 2. The lowest BCUT2D eigenvalue weighted by Gasteiger charge is -2.26. The summed E-state index contributed by atoms with van der Waals surface area (Å²) >= 11 is 0. The molecule has 0 aromatic rings. The summed E-state index contributed by atoms with van der Waals surface area (Å²) < 4.78 is 0. The van der Waals surface area contributed by atoms with Crippen LogP contribution in [0.15, 0.2) is 0 Å². The number of nitrogens with zero attached hydrogens (tertiary/aromatic N) is 1. The predicted octanol–water partition coefficient (Wildman–Crippen LogP) is 0.249. The molecule has 0 saturated carbocycles. The lowest BCUT2D eigenvalue weighted by molar-refractivity contribution is -0.188. The summed E-state index contributed by atoms with van der Waals surface area (Å²) in [5.41, 5.74) is -1.34. The van der Waals surface area contributed by atoms with Gasteiger partial charge in [0.15, 0.2) is 6.04 Å². The van der Waals surface area contributed by atoms with E-state index in [0.717, 1.165) is 5.06 Å². The number of nitrogens with one attached hydrogen (secondary N) is 1. The van der Waals surface area contributed by atoms with Crippen molar-refractivity contribution in [2.45, 2.75) is 44.9 Å². The highest BCUT2D eigenvalue weighted by molar-refractivity contribution is 5.76. The minimum absolute atomic E-state index is 0.635. The fraction of sp³-hybridized carbons (Fsp3) is 0.875. The molecule has 1 aliphatic heterocycles. The zero-order valence-electron chi connectivity index (χ0n) is 8.33. The summed E-state index contributed by atoms with van der Waals surface area (Å²) in [7, 11) is 0. The molecule has 13 heavy (non-hydrogen) atoms. The van der Waals surface area contributed by atoms with Crippen molar-refractivity contribution < 1.29 is 15.1 Å². The Morgan fingerprint density at radius 2 is 1.85 bits per heavy atom. The lowest BCUT2D eigenvalue weighted by Crippen LogP contribution is -2.48. The Balaban J connectivity index is 3.02. The average Bonchev–Trinajstić information content (AvgIpc) is 1.96. The Morgan fingerprint density at radius 1 is 1.38 bits per heavy atom. The minimum Gasteiger partial charge on any atom is -0.480 e. The van der Waals surface area contributed by atoms with Crippen molar-refractivity contribution in [2.75, 3.05) is 0 Å². The second-order valence-electron chi connectivity index (χ2n) is 4.49. The van der Waals surface area contributed by atoms with Gasteiger partial charge in [-0.2, -0.15) is 5.06 Å². The zero-order chi connectivity index (χ0) is 10.4. The summed E-state index contributed by atoms with van der Waals surface area (Å²) in [4.78, 5) is 10.9. The van der Waals surface area contributed by atoms with Crippen molar-refractivity contribution in [3.63, 3.8) is 0 Å². The third-order valence-corrected chi connectivity index (χ3v) is 2.36. The molecule has 1 aliphatic rings. The molecule has 76 valence electrons. The van der Waals surface area contributed by atoms with Crippen LogP contribution in [0, 0.1) is 0 Å². The number of carboxylic acids is 1. The number of hydrogen-bond acceptors (Lipinski definition) is 4. The molecule has 5 nitrogen and oxygen atoms in total. The molecule has 0 aromatic heterocycles. The van der Waals surface area contributed by atoms with Crippen molar-refractivity contribution in [2.24, 2.45) is 0 Å². The molecule has 3 N–H and O–H groups in total. The fourth-order valence-electron chi connectivity index (χ4n) is 1.96. The van der Waals surface area contributed by atoms with Crippen LogP contribution in [0.2, 0.25) is 0 Å². The molecule has 1 rings (SSSR count). The van der Waals surface area contributed by atoms with Gasteiger partial charge in [-0.3, -0.25) is 10.1 Å². The first-order chi connectivity index (χ1) is 5.68. The standard InChI is InChI=1S/C8H16N2O3/c1-7(2)5(6(11)12)10(13)8(3,4)9-7/h5,9,13H,1-4H3,(H,11,12). The molecular weight excluding hydrogens is 172 g/mol. The molecule has 0 spiro atoms. The van der Waals surface area contributed by atoms with Gasteiger partial charge in [-0.05, 0) is 27.7 Å². The molecule has 1 atom stereocenters. The van der Waals surface area contributed by atoms with Crippen LogP contribution in [0.25, 0.3) is 0 Å². The molecule has 0 bridgehead atoms. The molecule has 1 unspecified atom stereocenters. The van der Waals surface area contributed by atoms with Crippen molar-refractivity contribution in [1.29, 1.82) is 0 Å². The van der Waals surface area contributed by atoms with Gasteiger partial charge < -0.3 is 10.3 Å². The molecule has 0 amide bonds. The topological polar surface area (TPSA) is 72.8 Å². The maximum atomic E-state index is 10.9. The Hall–Kier alpha value is -0.650. The van der Waals surface area contributed by atoms with E-state index in [-0.39, 0.29) is 0 Å². The van der Waals surface area contributed by atoms with Crippen molar-refractivity contribution in [3.05, 3.63) is 0 Å². The van der Waals surface area contributed by atoms with Crippen LogP contribution in [0.4, 0.5) is 0 Å². The maximum absolute atomic E-state index is 10.9. The highest BCUT2D eigenvalue weighted by atomic mass is 16.5. The summed E-state index contributed by atoms with van der Waals surface area (Å²) in [6.45, 7) is 6.98. The van der Waals surface area contributed by atoms with E-state index in [2.05, 4.69) is 5.32 Å². The molecule has 0 aliphatic carbocycles. The SMILES string of the molecule is CC1(C)NC(C)(C)N(O)C1C(=O)O. The second kappa shape index (κ2) is 2.67. The van der Waals surface area contributed by atoms with Crippen LogP contribution < -0.4 is 5.32 Å². The number of carbonyl (C=O) groups is 1. The number of carboxylic acid groups (broad SMARTS) is 1. The second-order valence-corrected chi connectivity index (χ2v) is 4.49. The highest BCUT2D eigenvalue weighted by Gasteiger charge is 2.53. The molecule has 0 aromatic carbocycles. The van der Waals surface area contributed by atoms with E-state index < -0.39 is 23.2 Å². The Bertz CT molecular complexity index is 238. The van der Waals surface area contributed by atoms with E-state index in [9.17, 15) is 10.0 Å². The van der Waals surface area contributed by atoms with E-state index >= 15 is 0 Å². The monoisotopic (exact) mass is 188 g/mol. The van der Waals surface area contributed by atoms with Gasteiger partial charge in [-0.25, -0.2) is 0 Å². The van der Waals surface area contributed by atoms with E-state index in [4.69, 9.17) is 5.11 Å². The fourth-order valence-corrected chi connectivity index (χ4v) is 1.96. The van der Waals surface area contributed by atoms with Crippen LogP contribution in [0.5, 0.6) is 0 Å². The Labute approximate surface area is 77.3 Å². The Kier molecular flexibility index (Phi) is 2.14. The van der Waals surface area contributed by atoms with Gasteiger partial charge in [0.25, 0.3) is 0 Å². The summed E-state index contributed by atoms with van der Waals surface area (Å²) in [5, 5.41) is 22.4. The van der Waals surface area contributed by atoms with E-state index in [1.54, 1.807) is 27.7 Å². The number of aliphatic carboxylic acids is 1. The number of hydrogen-bond donors (Lipinski definition) is 3. The van der Waals surface area contributed by atoms with Crippen molar-refractivity contribution in [1.82, 2.24) is 10.4 Å². The largest absolute Gasteiger partial charge is 0.480 e. The molecule has 5 heteroatoms. The van der Waals surface area contributed by atoms with Gasteiger partial charge in [-0.1, -0.05) is 0 Å². The maximum Gasteiger partial charge on any atom is 0.325 e. The highest BCUT2D eigenvalue weighted by Crippen LogP contribution is 2.30. The minimum atomic E-state index is -1.02. The Morgan fingerprint density at radius 3 is 2.00 bits per heavy atom. The molecule has 1 saturated heterocycles. The quantitative estimate of drug-likeness (QED) is 0.550. The summed E-state index contributed by atoms with van der Waals surface area (Å²) in [6, 6.07) is -0.914. The van der Waals surface area contributed by atoms with Crippen LogP contribution >= 0.6 is 0 Å². The van der Waals surface area contributed by atoms with E-state index in [1.165, 1.54) is 0 Å². The predicted molar refractivity (Wildman–Crippen MR) is 46.3 cm³/mol. The van der Waals surface area contributed by atoms with Crippen molar-refractivity contribution >= 4 is 5.97 Å². The lowest BCUT2D eigenvalue weighted by atomic mass is 9.97. The van der Waals surface area contributed by atoms with Gasteiger partial charge in [-0.15, -0.1) is 0 Å². The van der Waals surface area contributed by atoms with Gasteiger partial charge in [0.2, 0.25) is 0 Å². The van der Waals surface area contributed by atoms with E-state index in [0.29, 0.717) is 0 Å². The summed E-state index contributed by atoms with van der Waals surface area (Å²) in [6.07, 6.45) is 0. The van der Waals surface area contributed by atoms with Gasteiger partial charge in [0.1, 0.15) is 0 Å². The van der Waals surface area contributed by atoms with Crippen LogP contribution in [0.3, 0.4) is 0 Å². The van der Waals surface area contributed by atoms with Crippen LogP contribution in [-0.4, -0.2) is 38.6 Å². The first-order valence-electron chi connectivity index (χ1n) is 4.19. The average molecular weight is 188 g/mol. The van der Waals surface area contributed by atoms with E-state index in [1.807, 2.05) is 0 Å². The first-order valence-corrected chi connectivity index (χ1v) is 4.19. The first kappa shape index (κ1) is 10.4. The summed E-state index contributed by atoms with van der Waals surface area (Å²) in [5.74, 6) is -1.02. The normalized spacial score (nSPS) is 31.9. The zero-order valence-corrected chi connectivity index (χ0v) is 8.33. The molecule has 1 heterocycles. The van der Waals surface area contributed by atoms with Crippen LogP contribution in [-0.2, 0) is 4.79 Å². The number of rotatable bonds is 1. The van der Waals surface area contributed by atoms with Gasteiger partial charge >= 0.3 is 5.97 Å². The van der Waals surface area contributed by atoms with Gasteiger partial charge in [0.05, 0.1) is 5.66 Å². The molecule has 1 fully saturated rings. The third kappa shape index (κ3) is 1.54. The van der Waals surface area contributed by atoms with Crippen molar-refractivity contribution in [3.8, 4) is 0 Å². The molecular formula is C8H16N2O3. The third-order valence-electron chi connectivity index (χ3n) is 2.36. The smallest absolute Gasteiger partial charge is 0.325 e. The molecule has 0 radical (unpaired) electrons. The van der Waals surface area contributed by atoms with Gasteiger partial charge in [0, 0.05) is 5.54 Å².